The van der Waals surface area contributed by atoms with Crippen molar-refractivity contribution in [1.82, 2.24) is 0 Å². The Kier molecular flexibility index (Phi) is 5.12. The number of allylic oxidation sites excluding steroid dienone is 1. The molecule has 4 nitrogen and oxygen atoms in total. The van der Waals surface area contributed by atoms with Gasteiger partial charge in [0.15, 0.2) is 5.78 Å². The Bertz CT molecular complexity index is 944. The van der Waals surface area contributed by atoms with Crippen LogP contribution in [0.5, 0.6) is 5.75 Å². The van der Waals surface area contributed by atoms with Crippen LogP contribution >= 0.6 is 0 Å². The quantitative estimate of drug-likeness (QED) is 0.664. The number of carbonyl (C=O) groups excluding carboxylic acids is 1. The van der Waals surface area contributed by atoms with Crippen LogP contribution in [-0.2, 0) is 4.79 Å². The largest absolute Gasteiger partial charge is 0.491 e. The first-order chi connectivity index (χ1) is 13.9. The summed E-state index contributed by atoms with van der Waals surface area (Å²) in [5.41, 5.74) is 4.95. The molecule has 0 spiro atoms. The summed E-state index contributed by atoms with van der Waals surface area (Å²) in [4.78, 5) is 13.2. The van der Waals surface area contributed by atoms with Gasteiger partial charge >= 0.3 is 0 Å². The fourth-order valence-corrected chi connectivity index (χ4v) is 4.19. The number of hydrogen-bond acceptors (Lipinski definition) is 4. The lowest BCUT2D eigenvalue weighted by Gasteiger charge is -2.34. The third-order valence-electron chi connectivity index (χ3n) is 5.85. The van der Waals surface area contributed by atoms with Crippen LogP contribution in [0, 0.1) is 5.41 Å². The second-order valence-electron chi connectivity index (χ2n) is 8.99. The van der Waals surface area contributed by atoms with Crippen molar-refractivity contribution < 1.29 is 9.53 Å². The van der Waals surface area contributed by atoms with Crippen LogP contribution in [0.1, 0.15) is 58.6 Å². The van der Waals surface area contributed by atoms with E-state index in [0.29, 0.717) is 6.42 Å². The lowest BCUT2D eigenvalue weighted by atomic mass is 9.73. The molecule has 0 unspecified atom stereocenters. The Labute approximate surface area is 173 Å². The summed E-state index contributed by atoms with van der Waals surface area (Å²) in [7, 11) is 0. The van der Waals surface area contributed by atoms with E-state index < -0.39 is 0 Å². The molecule has 1 heterocycles. The van der Waals surface area contributed by atoms with E-state index in [0.717, 1.165) is 46.8 Å². The molecule has 0 saturated carbocycles. The van der Waals surface area contributed by atoms with Crippen LogP contribution in [0.4, 0.5) is 11.4 Å². The van der Waals surface area contributed by atoms with Crippen LogP contribution in [0.3, 0.4) is 0 Å². The fraction of sp³-hybridized carbons (Fsp3) is 0.400. The van der Waals surface area contributed by atoms with Gasteiger partial charge in [-0.2, -0.15) is 0 Å². The molecule has 152 valence electrons. The summed E-state index contributed by atoms with van der Waals surface area (Å²) in [6.07, 6.45) is 2.58. The monoisotopic (exact) mass is 390 g/mol. The molecule has 0 fully saturated rings. The zero-order valence-corrected chi connectivity index (χ0v) is 17.7. The summed E-state index contributed by atoms with van der Waals surface area (Å²) in [5, 5.41) is 7.19. The minimum atomic E-state index is -0.178. The lowest BCUT2D eigenvalue weighted by Crippen LogP contribution is -2.31. The first kappa shape index (κ1) is 19.6. The molecule has 1 aliphatic carbocycles. The van der Waals surface area contributed by atoms with E-state index in [9.17, 15) is 4.79 Å². The number of benzene rings is 2. The van der Waals surface area contributed by atoms with Crippen molar-refractivity contribution in [2.24, 2.45) is 5.41 Å². The molecule has 0 bridgehead atoms. The fourth-order valence-electron chi connectivity index (χ4n) is 4.19. The van der Waals surface area contributed by atoms with Crippen molar-refractivity contribution >= 4 is 17.2 Å². The molecule has 0 radical (unpaired) electrons. The molecular formula is C25H30N2O2. The molecule has 2 N–H and O–H groups in total. The molecule has 2 aromatic rings. The number of rotatable bonds is 4. The number of ether oxygens (including phenoxy) is 1. The summed E-state index contributed by atoms with van der Waals surface area (Å²) in [6.45, 7) is 8.51. The molecular weight excluding hydrogens is 360 g/mol. The van der Waals surface area contributed by atoms with Gasteiger partial charge < -0.3 is 15.4 Å². The maximum atomic E-state index is 13.2. The number of carbonyl (C=O) groups is 1. The highest BCUT2D eigenvalue weighted by Crippen LogP contribution is 2.45. The number of nitrogens with one attached hydrogen (secondary N) is 2. The van der Waals surface area contributed by atoms with Gasteiger partial charge in [-0.15, -0.1) is 0 Å². The van der Waals surface area contributed by atoms with Crippen molar-refractivity contribution in [2.75, 3.05) is 10.6 Å². The predicted octanol–water partition coefficient (Wildman–Crippen LogP) is 6.09. The van der Waals surface area contributed by atoms with Crippen molar-refractivity contribution in [3.63, 3.8) is 0 Å². The number of Topliss-reactive ketones (excluding diaryl/α,β-unsaturated/α-hetero) is 1. The van der Waals surface area contributed by atoms with E-state index in [-0.39, 0.29) is 23.3 Å². The standard InChI is InChI=1S/C25H30N2O2/c1-5-16(2)29-18-12-10-17(11-13-18)24-23-21(14-25(3,4)15-22(23)28)26-19-8-6-7-9-20(19)27-24/h6-13,16,24,26-27H,5,14-15H2,1-4H3/t16-,24-/m0/s1. The third kappa shape index (κ3) is 4.02. The molecule has 0 saturated heterocycles. The third-order valence-corrected chi connectivity index (χ3v) is 5.85. The van der Waals surface area contributed by atoms with E-state index in [1.807, 2.05) is 24.3 Å². The van der Waals surface area contributed by atoms with E-state index in [2.05, 4.69) is 62.6 Å². The average molecular weight is 391 g/mol. The summed E-state index contributed by atoms with van der Waals surface area (Å²) < 4.78 is 5.93. The molecule has 4 rings (SSSR count). The predicted molar refractivity (Wildman–Crippen MR) is 118 cm³/mol. The van der Waals surface area contributed by atoms with Gasteiger partial charge in [0.05, 0.1) is 23.5 Å². The Morgan fingerprint density at radius 3 is 2.45 bits per heavy atom. The molecule has 29 heavy (non-hydrogen) atoms. The summed E-state index contributed by atoms with van der Waals surface area (Å²) in [6, 6.07) is 16.1. The highest BCUT2D eigenvalue weighted by Gasteiger charge is 2.38. The maximum Gasteiger partial charge on any atom is 0.163 e. The van der Waals surface area contributed by atoms with E-state index in [1.165, 1.54) is 0 Å². The van der Waals surface area contributed by atoms with Crippen molar-refractivity contribution in [3.8, 4) is 5.75 Å². The molecule has 2 aliphatic rings. The van der Waals surface area contributed by atoms with Gasteiger partial charge in [0, 0.05) is 17.7 Å². The number of hydrogen-bond donors (Lipinski definition) is 2. The van der Waals surface area contributed by atoms with Crippen LogP contribution in [0.25, 0.3) is 0 Å². The first-order valence-electron chi connectivity index (χ1n) is 10.5. The van der Waals surface area contributed by atoms with Gasteiger partial charge in [-0.1, -0.05) is 45.0 Å². The average Bonchev–Trinajstić information content (AvgIpc) is 2.84. The number of anilines is 2. The first-order valence-corrected chi connectivity index (χ1v) is 10.5. The number of fused-ring (bicyclic) bond motifs is 1. The van der Waals surface area contributed by atoms with Crippen LogP contribution in [0.2, 0.25) is 0 Å². The minimum absolute atomic E-state index is 0.0409. The molecule has 2 atom stereocenters. The SMILES string of the molecule is CC[C@H](C)Oc1ccc([C@@H]2Nc3ccccc3NC3=C2C(=O)CC(C)(C)C3)cc1. The van der Waals surface area contributed by atoms with Crippen molar-refractivity contribution in [3.05, 3.63) is 65.4 Å². The summed E-state index contributed by atoms with van der Waals surface area (Å²) >= 11 is 0. The van der Waals surface area contributed by atoms with Crippen LogP contribution in [-0.4, -0.2) is 11.9 Å². The molecule has 1 aliphatic heterocycles. The Hall–Kier alpha value is -2.75. The Morgan fingerprint density at radius 2 is 1.76 bits per heavy atom. The normalized spacial score (nSPS) is 21.2. The number of ketones is 1. The molecule has 0 aromatic heterocycles. The Morgan fingerprint density at radius 1 is 1.07 bits per heavy atom. The second-order valence-corrected chi connectivity index (χ2v) is 8.99. The van der Waals surface area contributed by atoms with E-state index >= 15 is 0 Å². The molecule has 2 aromatic carbocycles. The van der Waals surface area contributed by atoms with Crippen molar-refractivity contribution in [1.29, 1.82) is 0 Å². The number of para-hydroxylation sites is 2. The topological polar surface area (TPSA) is 50.4 Å². The zero-order chi connectivity index (χ0) is 20.6. The lowest BCUT2D eigenvalue weighted by molar-refractivity contribution is -0.118. The molecule has 0 amide bonds. The zero-order valence-electron chi connectivity index (χ0n) is 17.7. The highest BCUT2D eigenvalue weighted by atomic mass is 16.5. The molecule has 4 heteroatoms. The van der Waals surface area contributed by atoms with Gasteiger partial charge in [-0.05, 0) is 55.0 Å². The Balaban J connectivity index is 1.75. The van der Waals surface area contributed by atoms with Gasteiger partial charge in [0.25, 0.3) is 0 Å². The van der Waals surface area contributed by atoms with Gasteiger partial charge in [-0.3, -0.25) is 4.79 Å². The van der Waals surface area contributed by atoms with Gasteiger partial charge in [0.2, 0.25) is 0 Å². The van der Waals surface area contributed by atoms with Crippen LogP contribution in [0.15, 0.2) is 59.8 Å². The van der Waals surface area contributed by atoms with E-state index in [1.54, 1.807) is 0 Å². The summed E-state index contributed by atoms with van der Waals surface area (Å²) in [5.74, 6) is 1.08. The minimum Gasteiger partial charge on any atom is -0.491 e. The van der Waals surface area contributed by atoms with Gasteiger partial charge in [0.1, 0.15) is 5.75 Å². The highest BCUT2D eigenvalue weighted by molar-refractivity contribution is 6.01. The van der Waals surface area contributed by atoms with Crippen molar-refractivity contribution in [2.45, 2.75) is 59.1 Å². The van der Waals surface area contributed by atoms with E-state index in [4.69, 9.17) is 4.74 Å². The van der Waals surface area contributed by atoms with Gasteiger partial charge in [-0.25, -0.2) is 0 Å². The maximum absolute atomic E-state index is 13.2. The second kappa shape index (κ2) is 7.58. The smallest absolute Gasteiger partial charge is 0.163 e. The van der Waals surface area contributed by atoms with Crippen LogP contribution < -0.4 is 15.4 Å².